The zero-order valence-electron chi connectivity index (χ0n) is 10.7. The average molecular weight is 256 g/mol. The van der Waals surface area contributed by atoms with Crippen LogP contribution in [0.5, 0.6) is 0 Å². The largest absolute Gasteiger partial charge is 0.467 e. The zero-order chi connectivity index (χ0) is 13.4. The number of hydrogen-bond acceptors (Lipinski definition) is 5. The highest BCUT2D eigenvalue weighted by molar-refractivity contribution is 5.81. The molecule has 0 fully saturated rings. The van der Waals surface area contributed by atoms with E-state index >= 15 is 0 Å². The summed E-state index contributed by atoms with van der Waals surface area (Å²) in [5, 5.41) is 14.8. The minimum atomic E-state index is -0.410. The number of nitrogens with one attached hydrogen (secondary N) is 2. The van der Waals surface area contributed by atoms with E-state index in [9.17, 15) is 4.79 Å². The Morgan fingerprint density at radius 1 is 1.61 bits per heavy atom. The SMILES string of the molecule is COCC(CO)NC(C)C(=O)NCc1ccco1. The Balaban J connectivity index is 2.31. The average Bonchev–Trinajstić information content (AvgIpc) is 2.88. The lowest BCUT2D eigenvalue weighted by molar-refractivity contribution is -0.123. The fourth-order valence-corrected chi connectivity index (χ4v) is 1.52. The molecule has 0 bridgehead atoms. The van der Waals surface area contributed by atoms with Crippen molar-refractivity contribution in [2.75, 3.05) is 20.3 Å². The third kappa shape index (κ3) is 4.87. The summed E-state index contributed by atoms with van der Waals surface area (Å²) in [5.41, 5.74) is 0. The van der Waals surface area contributed by atoms with Crippen molar-refractivity contribution >= 4 is 5.91 Å². The summed E-state index contributed by atoms with van der Waals surface area (Å²) in [7, 11) is 1.55. The van der Waals surface area contributed by atoms with Gasteiger partial charge in [0.1, 0.15) is 5.76 Å². The van der Waals surface area contributed by atoms with Gasteiger partial charge in [0.2, 0.25) is 5.91 Å². The second kappa shape index (κ2) is 7.86. The first-order chi connectivity index (χ1) is 8.67. The summed E-state index contributed by atoms with van der Waals surface area (Å²) in [5.74, 6) is 0.548. The van der Waals surface area contributed by atoms with Crippen LogP contribution < -0.4 is 10.6 Å². The van der Waals surface area contributed by atoms with Gasteiger partial charge in [-0.2, -0.15) is 0 Å². The van der Waals surface area contributed by atoms with E-state index in [2.05, 4.69) is 10.6 Å². The molecule has 2 unspecified atom stereocenters. The van der Waals surface area contributed by atoms with E-state index in [0.29, 0.717) is 18.9 Å². The van der Waals surface area contributed by atoms with E-state index < -0.39 is 6.04 Å². The summed E-state index contributed by atoms with van der Waals surface area (Å²) in [6, 6.07) is 2.90. The van der Waals surface area contributed by atoms with E-state index in [4.69, 9.17) is 14.3 Å². The first-order valence-corrected chi connectivity index (χ1v) is 5.83. The first-order valence-electron chi connectivity index (χ1n) is 5.83. The van der Waals surface area contributed by atoms with Crippen LogP contribution in [0.3, 0.4) is 0 Å². The molecule has 0 aliphatic heterocycles. The van der Waals surface area contributed by atoms with Crippen LogP contribution in [-0.2, 0) is 16.1 Å². The van der Waals surface area contributed by atoms with E-state index in [1.165, 1.54) is 0 Å². The van der Waals surface area contributed by atoms with Crippen molar-refractivity contribution in [1.29, 1.82) is 0 Å². The number of carbonyl (C=O) groups excluding carboxylic acids is 1. The summed E-state index contributed by atoms with van der Waals surface area (Å²) in [6.45, 7) is 2.36. The summed E-state index contributed by atoms with van der Waals surface area (Å²) >= 11 is 0. The fraction of sp³-hybridized carbons (Fsp3) is 0.583. The van der Waals surface area contributed by atoms with Gasteiger partial charge in [-0.05, 0) is 19.1 Å². The standard InChI is InChI=1S/C12H20N2O4/c1-9(14-10(7-15)8-17-2)12(16)13-6-11-4-3-5-18-11/h3-5,9-10,14-15H,6-8H2,1-2H3,(H,13,16). The molecule has 3 N–H and O–H groups in total. The lowest BCUT2D eigenvalue weighted by atomic mass is 10.2. The topological polar surface area (TPSA) is 83.7 Å². The number of rotatable bonds is 8. The number of aliphatic hydroxyl groups is 1. The zero-order valence-corrected chi connectivity index (χ0v) is 10.7. The molecule has 6 heteroatoms. The number of furan rings is 1. The van der Waals surface area contributed by atoms with Crippen LogP contribution in [-0.4, -0.2) is 43.4 Å². The molecule has 1 aromatic heterocycles. The van der Waals surface area contributed by atoms with Crippen molar-refractivity contribution in [2.24, 2.45) is 0 Å². The Bertz CT molecular complexity index is 340. The van der Waals surface area contributed by atoms with Crippen molar-refractivity contribution < 1.29 is 19.1 Å². The van der Waals surface area contributed by atoms with E-state index in [-0.39, 0.29) is 18.6 Å². The minimum Gasteiger partial charge on any atom is -0.467 e. The van der Waals surface area contributed by atoms with Crippen molar-refractivity contribution in [3.63, 3.8) is 0 Å². The lowest BCUT2D eigenvalue weighted by Crippen LogP contribution is -2.49. The van der Waals surface area contributed by atoms with Gasteiger partial charge in [-0.3, -0.25) is 10.1 Å². The van der Waals surface area contributed by atoms with Gasteiger partial charge in [-0.25, -0.2) is 0 Å². The fourth-order valence-electron chi connectivity index (χ4n) is 1.52. The molecule has 18 heavy (non-hydrogen) atoms. The smallest absolute Gasteiger partial charge is 0.237 e. The predicted molar refractivity (Wildman–Crippen MR) is 65.9 cm³/mol. The van der Waals surface area contributed by atoms with Crippen molar-refractivity contribution in [1.82, 2.24) is 10.6 Å². The van der Waals surface area contributed by atoms with E-state index in [1.807, 2.05) is 0 Å². The van der Waals surface area contributed by atoms with Gasteiger partial charge in [-0.15, -0.1) is 0 Å². The molecule has 1 rings (SSSR count). The monoisotopic (exact) mass is 256 g/mol. The van der Waals surface area contributed by atoms with Crippen LogP contribution in [0.2, 0.25) is 0 Å². The first kappa shape index (κ1) is 14.7. The predicted octanol–water partition coefficient (Wildman–Crippen LogP) is -0.119. The molecule has 102 valence electrons. The molecule has 0 spiro atoms. The summed E-state index contributed by atoms with van der Waals surface area (Å²) in [4.78, 5) is 11.8. The van der Waals surface area contributed by atoms with E-state index in [0.717, 1.165) is 0 Å². The molecule has 1 heterocycles. The Morgan fingerprint density at radius 2 is 2.39 bits per heavy atom. The number of ether oxygens (including phenoxy) is 1. The van der Waals surface area contributed by atoms with Gasteiger partial charge in [-0.1, -0.05) is 0 Å². The maximum absolute atomic E-state index is 11.8. The molecule has 0 saturated heterocycles. The van der Waals surface area contributed by atoms with Crippen LogP contribution in [0.15, 0.2) is 22.8 Å². The van der Waals surface area contributed by atoms with Crippen LogP contribution in [0, 0.1) is 0 Å². The minimum absolute atomic E-state index is 0.0797. The van der Waals surface area contributed by atoms with Gasteiger partial charge in [0.05, 0.1) is 38.1 Å². The highest BCUT2D eigenvalue weighted by atomic mass is 16.5. The Morgan fingerprint density at radius 3 is 2.94 bits per heavy atom. The number of hydrogen-bond donors (Lipinski definition) is 3. The number of amides is 1. The highest BCUT2D eigenvalue weighted by Gasteiger charge is 2.17. The van der Waals surface area contributed by atoms with Crippen LogP contribution in [0.25, 0.3) is 0 Å². The summed E-state index contributed by atoms with van der Waals surface area (Å²) in [6.07, 6.45) is 1.56. The molecule has 1 aromatic rings. The Hall–Kier alpha value is -1.37. The van der Waals surface area contributed by atoms with Crippen LogP contribution in [0.1, 0.15) is 12.7 Å². The van der Waals surface area contributed by atoms with Crippen molar-refractivity contribution in [3.8, 4) is 0 Å². The molecule has 0 aromatic carbocycles. The van der Waals surface area contributed by atoms with Gasteiger partial charge in [0, 0.05) is 7.11 Å². The van der Waals surface area contributed by atoms with Gasteiger partial charge >= 0.3 is 0 Å². The molecule has 0 aliphatic carbocycles. The third-order valence-electron chi connectivity index (χ3n) is 2.48. The Labute approximate surface area is 106 Å². The molecule has 1 amide bonds. The molecular formula is C12H20N2O4. The quantitative estimate of drug-likeness (QED) is 0.604. The molecule has 6 nitrogen and oxygen atoms in total. The van der Waals surface area contributed by atoms with Gasteiger partial charge in [0.25, 0.3) is 0 Å². The molecular weight excluding hydrogens is 236 g/mol. The molecule has 0 saturated carbocycles. The molecule has 0 aliphatic rings. The Kier molecular flexibility index (Phi) is 6.42. The van der Waals surface area contributed by atoms with Gasteiger partial charge in [0.15, 0.2) is 0 Å². The van der Waals surface area contributed by atoms with Crippen molar-refractivity contribution in [2.45, 2.75) is 25.6 Å². The molecule has 2 atom stereocenters. The second-order valence-electron chi connectivity index (χ2n) is 4.02. The second-order valence-corrected chi connectivity index (χ2v) is 4.02. The van der Waals surface area contributed by atoms with E-state index in [1.54, 1.807) is 32.4 Å². The van der Waals surface area contributed by atoms with Crippen LogP contribution >= 0.6 is 0 Å². The lowest BCUT2D eigenvalue weighted by Gasteiger charge is -2.20. The maximum Gasteiger partial charge on any atom is 0.237 e. The highest BCUT2D eigenvalue weighted by Crippen LogP contribution is 1.99. The molecule has 0 radical (unpaired) electrons. The maximum atomic E-state index is 11.8. The number of methoxy groups -OCH3 is 1. The summed E-state index contributed by atoms with van der Waals surface area (Å²) < 4.78 is 10.0. The third-order valence-corrected chi connectivity index (χ3v) is 2.48. The number of carbonyl (C=O) groups is 1. The van der Waals surface area contributed by atoms with Crippen LogP contribution in [0.4, 0.5) is 0 Å². The van der Waals surface area contributed by atoms with Gasteiger partial charge < -0.3 is 19.6 Å². The number of aliphatic hydroxyl groups excluding tert-OH is 1. The van der Waals surface area contributed by atoms with Crippen molar-refractivity contribution in [3.05, 3.63) is 24.2 Å². The normalized spacial score (nSPS) is 14.2.